The van der Waals surface area contributed by atoms with Gasteiger partial charge in [-0.2, -0.15) is 0 Å². The van der Waals surface area contributed by atoms with Crippen LogP contribution in [0.1, 0.15) is 32.8 Å². The zero-order valence-electron chi connectivity index (χ0n) is 13.7. The van der Waals surface area contributed by atoms with E-state index in [1.54, 1.807) is 20.4 Å². The van der Waals surface area contributed by atoms with E-state index >= 15 is 0 Å². The lowest BCUT2D eigenvalue weighted by atomic mass is 9.87. The average Bonchev–Trinajstić information content (AvgIpc) is 2.43. The van der Waals surface area contributed by atoms with Gasteiger partial charge in [-0.15, -0.1) is 0 Å². The second kappa shape index (κ2) is 8.20. The molecular weight excluding hydrogens is 270 g/mol. The Bertz CT molecular complexity index is 432. The SMILES string of the molecule is COCCCOc1cc(CC(C)(O)C(C)C)cnc1OC. The molecule has 0 aliphatic carbocycles. The monoisotopic (exact) mass is 297 g/mol. The van der Waals surface area contributed by atoms with Crippen molar-refractivity contribution in [1.82, 2.24) is 4.98 Å². The molecule has 21 heavy (non-hydrogen) atoms. The van der Waals surface area contributed by atoms with Gasteiger partial charge >= 0.3 is 0 Å². The third kappa shape index (κ3) is 5.52. The van der Waals surface area contributed by atoms with Gasteiger partial charge in [0.05, 0.1) is 19.3 Å². The first-order valence-electron chi connectivity index (χ1n) is 7.27. The zero-order chi connectivity index (χ0) is 15.9. The van der Waals surface area contributed by atoms with Crippen molar-refractivity contribution in [2.24, 2.45) is 5.92 Å². The fourth-order valence-electron chi connectivity index (χ4n) is 1.83. The van der Waals surface area contributed by atoms with Crippen LogP contribution in [0, 0.1) is 5.92 Å². The lowest BCUT2D eigenvalue weighted by molar-refractivity contribution is 0.0138. The van der Waals surface area contributed by atoms with Crippen LogP contribution >= 0.6 is 0 Å². The smallest absolute Gasteiger partial charge is 0.256 e. The molecule has 0 bridgehead atoms. The molecule has 0 aliphatic rings. The number of ether oxygens (including phenoxy) is 3. The van der Waals surface area contributed by atoms with E-state index in [0.29, 0.717) is 31.3 Å². The van der Waals surface area contributed by atoms with E-state index in [9.17, 15) is 5.11 Å². The van der Waals surface area contributed by atoms with Gasteiger partial charge in [0.1, 0.15) is 0 Å². The van der Waals surface area contributed by atoms with Crippen molar-refractivity contribution in [1.29, 1.82) is 0 Å². The summed E-state index contributed by atoms with van der Waals surface area (Å²) >= 11 is 0. The molecule has 1 heterocycles. The Morgan fingerprint density at radius 3 is 2.57 bits per heavy atom. The number of methoxy groups -OCH3 is 2. The van der Waals surface area contributed by atoms with Crippen molar-refractivity contribution in [3.8, 4) is 11.6 Å². The third-order valence-electron chi connectivity index (χ3n) is 3.62. The van der Waals surface area contributed by atoms with Gasteiger partial charge in [-0.05, 0) is 24.5 Å². The molecule has 5 heteroatoms. The number of rotatable bonds is 9. The molecule has 0 amide bonds. The maximum atomic E-state index is 10.4. The van der Waals surface area contributed by atoms with Crippen LogP contribution in [0.3, 0.4) is 0 Å². The molecular formula is C16H27NO4. The largest absolute Gasteiger partial charge is 0.488 e. The van der Waals surface area contributed by atoms with Gasteiger partial charge < -0.3 is 19.3 Å². The van der Waals surface area contributed by atoms with Crippen LogP contribution in [0.4, 0.5) is 0 Å². The van der Waals surface area contributed by atoms with Crippen LogP contribution < -0.4 is 9.47 Å². The summed E-state index contributed by atoms with van der Waals surface area (Å²) in [6.45, 7) is 7.02. The Morgan fingerprint density at radius 1 is 1.29 bits per heavy atom. The van der Waals surface area contributed by atoms with E-state index in [4.69, 9.17) is 14.2 Å². The van der Waals surface area contributed by atoms with E-state index in [0.717, 1.165) is 12.0 Å². The molecule has 1 rings (SSSR count). The molecule has 1 unspecified atom stereocenters. The first-order valence-corrected chi connectivity index (χ1v) is 7.27. The van der Waals surface area contributed by atoms with E-state index in [1.807, 2.05) is 26.8 Å². The van der Waals surface area contributed by atoms with E-state index in [2.05, 4.69) is 4.98 Å². The predicted molar refractivity (Wildman–Crippen MR) is 81.9 cm³/mol. The Morgan fingerprint density at radius 2 is 2.00 bits per heavy atom. The molecule has 1 N–H and O–H groups in total. The highest BCUT2D eigenvalue weighted by Crippen LogP contribution is 2.28. The van der Waals surface area contributed by atoms with Gasteiger partial charge in [0, 0.05) is 32.8 Å². The summed E-state index contributed by atoms with van der Waals surface area (Å²) in [6, 6.07) is 1.88. The topological polar surface area (TPSA) is 60.8 Å². The number of hydrogen-bond donors (Lipinski definition) is 1. The zero-order valence-corrected chi connectivity index (χ0v) is 13.7. The minimum atomic E-state index is -0.774. The number of nitrogens with zero attached hydrogens (tertiary/aromatic N) is 1. The highest BCUT2D eigenvalue weighted by atomic mass is 16.5. The number of pyridine rings is 1. The van der Waals surface area contributed by atoms with Crippen molar-refractivity contribution < 1.29 is 19.3 Å². The normalized spacial score (nSPS) is 14.0. The van der Waals surface area contributed by atoms with Gasteiger partial charge in [-0.3, -0.25) is 0 Å². The van der Waals surface area contributed by atoms with Gasteiger partial charge in [-0.1, -0.05) is 13.8 Å². The molecule has 0 spiro atoms. The van der Waals surface area contributed by atoms with Crippen molar-refractivity contribution >= 4 is 0 Å². The molecule has 0 radical (unpaired) electrons. The van der Waals surface area contributed by atoms with Crippen molar-refractivity contribution in [2.75, 3.05) is 27.4 Å². The average molecular weight is 297 g/mol. The Balaban J connectivity index is 2.79. The summed E-state index contributed by atoms with van der Waals surface area (Å²) in [5.41, 5.74) is 0.153. The van der Waals surface area contributed by atoms with Crippen molar-refractivity contribution in [2.45, 2.75) is 39.2 Å². The molecule has 1 aromatic rings. The summed E-state index contributed by atoms with van der Waals surface area (Å²) in [5.74, 6) is 1.22. The molecule has 120 valence electrons. The number of aliphatic hydroxyl groups is 1. The molecule has 0 aromatic carbocycles. The Hall–Kier alpha value is -1.33. The molecule has 0 saturated heterocycles. The third-order valence-corrected chi connectivity index (χ3v) is 3.62. The summed E-state index contributed by atoms with van der Waals surface area (Å²) in [6.07, 6.45) is 3.04. The van der Waals surface area contributed by atoms with Crippen LogP contribution in [0.25, 0.3) is 0 Å². The standard InChI is InChI=1S/C16H27NO4/c1-12(2)16(3,18)10-13-9-14(15(20-5)17-11-13)21-8-6-7-19-4/h9,11-12,18H,6-8,10H2,1-5H3. The summed E-state index contributed by atoms with van der Waals surface area (Å²) in [4.78, 5) is 4.25. The molecule has 5 nitrogen and oxygen atoms in total. The van der Waals surface area contributed by atoms with Gasteiger partial charge in [0.25, 0.3) is 5.88 Å². The van der Waals surface area contributed by atoms with Crippen LogP contribution in [0.2, 0.25) is 0 Å². The summed E-state index contributed by atoms with van der Waals surface area (Å²) < 4.78 is 15.9. The molecule has 0 fully saturated rings. The predicted octanol–water partition coefficient (Wildman–Crippen LogP) is 2.46. The Kier molecular flexibility index (Phi) is 6.92. The van der Waals surface area contributed by atoms with Crippen LogP contribution in [-0.4, -0.2) is 43.1 Å². The number of hydrogen-bond acceptors (Lipinski definition) is 5. The molecule has 1 atom stereocenters. The molecule has 0 saturated carbocycles. The molecule has 1 aromatic heterocycles. The van der Waals surface area contributed by atoms with Gasteiger partial charge in [0.2, 0.25) is 0 Å². The minimum Gasteiger partial charge on any atom is -0.488 e. The first kappa shape index (κ1) is 17.7. The fraction of sp³-hybridized carbons (Fsp3) is 0.688. The first-order chi connectivity index (χ1) is 9.90. The summed E-state index contributed by atoms with van der Waals surface area (Å²) in [5, 5.41) is 10.4. The quantitative estimate of drug-likeness (QED) is 0.709. The van der Waals surface area contributed by atoms with E-state index in [-0.39, 0.29) is 5.92 Å². The fourth-order valence-corrected chi connectivity index (χ4v) is 1.83. The lowest BCUT2D eigenvalue weighted by Gasteiger charge is -2.27. The van der Waals surface area contributed by atoms with Crippen LogP contribution in [0.5, 0.6) is 11.6 Å². The minimum absolute atomic E-state index is 0.158. The number of aromatic nitrogens is 1. The second-order valence-electron chi connectivity index (χ2n) is 5.73. The summed E-state index contributed by atoms with van der Waals surface area (Å²) in [7, 11) is 3.23. The second-order valence-corrected chi connectivity index (χ2v) is 5.73. The maximum absolute atomic E-state index is 10.4. The highest BCUT2D eigenvalue weighted by Gasteiger charge is 2.25. The lowest BCUT2D eigenvalue weighted by Crippen LogP contribution is -2.33. The van der Waals surface area contributed by atoms with Crippen LogP contribution in [-0.2, 0) is 11.2 Å². The van der Waals surface area contributed by atoms with Crippen molar-refractivity contribution in [3.63, 3.8) is 0 Å². The highest BCUT2D eigenvalue weighted by molar-refractivity contribution is 5.36. The van der Waals surface area contributed by atoms with Gasteiger partial charge in [-0.25, -0.2) is 4.98 Å². The maximum Gasteiger partial charge on any atom is 0.256 e. The molecule has 0 aliphatic heterocycles. The van der Waals surface area contributed by atoms with Gasteiger partial charge in [0.15, 0.2) is 5.75 Å². The van der Waals surface area contributed by atoms with E-state index < -0.39 is 5.60 Å². The van der Waals surface area contributed by atoms with E-state index in [1.165, 1.54) is 0 Å². The Labute approximate surface area is 127 Å². The van der Waals surface area contributed by atoms with Crippen molar-refractivity contribution in [3.05, 3.63) is 17.8 Å². The van der Waals surface area contributed by atoms with Crippen LogP contribution in [0.15, 0.2) is 12.3 Å².